The van der Waals surface area contributed by atoms with Crippen LogP contribution in [0.2, 0.25) is 6.32 Å². The molecule has 0 N–H and O–H groups in total. The van der Waals surface area contributed by atoms with Crippen LogP contribution in [0.4, 0.5) is 0 Å². The SMILES string of the molecule is [B]CC(=O)[C@H]1CN(OC(=O)c2ccccc2)C[C@H]1CC. The van der Waals surface area contributed by atoms with E-state index in [-0.39, 0.29) is 29.9 Å². The molecule has 0 aliphatic carbocycles. The standard InChI is InChI=1S/C15H18BNO3/c1-2-11-9-17(10-13(11)14(18)8-16)20-15(19)12-6-4-3-5-7-12/h3-7,11,13H,2,8-10H2,1H3/t11-,13+/m1/s1. The zero-order valence-electron chi connectivity index (χ0n) is 11.6. The maximum Gasteiger partial charge on any atom is 0.357 e. The van der Waals surface area contributed by atoms with Crippen molar-refractivity contribution in [3.8, 4) is 0 Å². The van der Waals surface area contributed by atoms with Crippen molar-refractivity contribution in [2.24, 2.45) is 11.8 Å². The minimum atomic E-state index is -0.388. The summed E-state index contributed by atoms with van der Waals surface area (Å²) in [7, 11) is 5.43. The highest BCUT2D eigenvalue weighted by molar-refractivity contribution is 6.20. The number of hydrogen-bond acceptors (Lipinski definition) is 4. The third-order valence-corrected chi connectivity index (χ3v) is 3.77. The first-order valence-corrected chi connectivity index (χ1v) is 6.90. The molecule has 104 valence electrons. The van der Waals surface area contributed by atoms with Crippen LogP contribution >= 0.6 is 0 Å². The normalized spacial score (nSPS) is 22.6. The summed E-state index contributed by atoms with van der Waals surface area (Å²) in [6, 6.07) is 8.83. The number of carbonyl (C=O) groups is 2. The second-order valence-corrected chi connectivity index (χ2v) is 5.04. The molecular weight excluding hydrogens is 253 g/mol. The summed E-state index contributed by atoms with van der Waals surface area (Å²) in [6.07, 6.45) is 0.914. The Kier molecular flexibility index (Phi) is 4.96. The highest BCUT2D eigenvalue weighted by atomic mass is 16.7. The van der Waals surface area contributed by atoms with Crippen LogP contribution in [0.5, 0.6) is 0 Å². The van der Waals surface area contributed by atoms with Crippen LogP contribution in [-0.2, 0) is 9.63 Å². The Hall–Kier alpha value is -1.62. The number of hydrogen-bond donors (Lipinski definition) is 0. The van der Waals surface area contributed by atoms with Crippen LogP contribution in [0.1, 0.15) is 23.7 Å². The lowest BCUT2D eigenvalue weighted by Gasteiger charge is -2.15. The van der Waals surface area contributed by atoms with Crippen molar-refractivity contribution in [2.45, 2.75) is 19.7 Å². The summed E-state index contributed by atoms with van der Waals surface area (Å²) in [5.74, 6) is -0.278. The molecule has 1 aliphatic heterocycles. The number of hydroxylamine groups is 2. The van der Waals surface area contributed by atoms with Gasteiger partial charge in [-0.05, 0) is 24.4 Å². The number of carbonyl (C=O) groups excluding carboxylic acids is 2. The predicted molar refractivity (Wildman–Crippen MR) is 76.3 cm³/mol. The molecule has 1 saturated heterocycles. The Morgan fingerprint density at radius 1 is 1.30 bits per heavy atom. The van der Waals surface area contributed by atoms with E-state index in [2.05, 4.69) is 0 Å². The molecule has 4 nitrogen and oxygen atoms in total. The summed E-state index contributed by atoms with van der Waals surface area (Å²) >= 11 is 0. The lowest BCUT2D eigenvalue weighted by Crippen LogP contribution is -2.26. The summed E-state index contributed by atoms with van der Waals surface area (Å²) in [5, 5.41) is 1.59. The van der Waals surface area contributed by atoms with Crippen LogP contribution < -0.4 is 0 Å². The van der Waals surface area contributed by atoms with Gasteiger partial charge in [0.1, 0.15) is 5.78 Å². The molecule has 2 atom stereocenters. The Labute approximate surface area is 120 Å². The largest absolute Gasteiger partial charge is 0.364 e. The van der Waals surface area contributed by atoms with Crippen molar-refractivity contribution in [1.29, 1.82) is 0 Å². The van der Waals surface area contributed by atoms with E-state index in [0.29, 0.717) is 18.7 Å². The van der Waals surface area contributed by atoms with E-state index in [9.17, 15) is 9.59 Å². The van der Waals surface area contributed by atoms with Gasteiger partial charge in [0, 0.05) is 19.0 Å². The molecule has 1 aromatic rings. The molecule has 1 heterocycles. The van der Waals surface area contributed by atoms with Gasteiger partial charge in [-0.1, -0.05) is 31.5 Å². The summed E-state index contributed by atoms with van der Waals surface area (Å²) in [6.45, 7) is 3.06. The van der Waals surface area contributed by atoms with E-state index < -0.39 is 0 Å². The fraction of sp³-hybridized carbons (Fsp3) is 0.467. The Balaban J connectivity index is 1.98. The third kappa shape index (κ3) is 3.28. The average Bonchev–Trinajstić information content (AvgIpc) is 2.90. The molecule has 1 fully saturated rings. The van der Waals surface area contributed by atoms with E-state index in [0.717, 1.165) is 6.42 Å². The molecule has 5 heteroatoms. The lowest BCUT2D eigenvalue weighted by molar-refractivity contribution is -0.124. The van der Waals surface area contributed by atoms with Crippen molar-refractivity contribution in [2.75, 3.05) is 13.1 Å². The fourth-order valence-electron chi connectivity index (χ4n) is 2.58. The van der Waals surface area contributed by atoms with E-state index in [1.165, 1.54) is 0 Å². The van der Waals surface area contributed by atoms with E-state index in [1.54, 1.807) is 29.3 Å². The molecule has 20 heavy (non-hydrogen) atoms. The van der Waals surface area contributed by atoms with Crippen molar-refractivity contribution >= 4 is 19.6 Å². The zero-order valence-corrected chi connectivity index (χ0v) is 11.6. The average molecular weight is 271 g/mol. The maximum absolute atomic E-state index is 12.0. The van der Waals surface area contributed by atoms with Crippen molar-refractivity contribution in [1.82, 2.24) is 5.06 Å². The van der Waals surface area contributed by atoms with E-state index in [4.69, 9.17) is 12.7 Å². The maximum atomic E-state index is 12.0. The first kappa shape index (κ1) is 14.8. The molecule has 2 rings (SSSR count). The molecule has 0 bridgehead atoms. The monoisotopic (exact) mass is 271 g/mol. The molecule has 0 unspecified atom stereocenters. The first-order chi connectivity index (χ1) is 9.65. The number of ketones is 1. The number of benzene rings is 1. The molecular formula is C15H18BNO3. The Bertz CT molecular complexity index is 477. The van der Waals surface area contributed by atoms with Gasteiger partial charge in [0.2, 0.25) is 0 Å². The highest BCUT2D eigenvalue weighted by Gasteiger charge is 2.37. The predicted octanol–water partition coefficient (Wildman–Crippen LogP) is 1.87. The highest BCUT2D eigenvalue weighted by Crippen LogP contribution is 2.28. The van der Waals surface area contributed by atoms with E-state index in [1.807, 2.05) is 13.0 Å². The fourth-order valence-corrected chi connectivity index (χ4v) is 2.58. The van der Waals surface area contributed by atoms with Crippen LogP contribution in [0.25, 0.3) is 0 Å². The zero-order chi connectivity index (χ0) is 14.5. The smallest absolute Gasteiger partial charge is 0.357 e. The molecule has 0 spiro atoms. The minimum Gasteiger partial charge on any atom is -0.364 e. The minimum absolute atomic E-state index is 0.0371. The van der Waals surface area contributed by atoms with Crippen molar-refractivity contribution < 1.29 is 14.4 Å². The summed E-state index contributed by atoms with van der Waals surface area (Å²) in [4.78, 5) is 29.1. The van der Waals surface area contributed by atoms with Crippen LogP contribution in [-0.4, -0.2) is 37.8 Å². The van der Waals surface area contributed by atoms with Crippen LogP contribution in [0, 0.1) is 11.8 Å². The molecule has 1 aliphatic rings. The summed E-state index contributed by atoms with van der Waals surface area (Å²) < 4.78 is 0. The number of Topliss-reactive ketones (excluding diaryl/α,β-unsaturated/α-hetero) is 1. The quantitative estimate of drug-likeness (QED) is 0.767. The van der Waals surface area contributed by atoms with Gasteiger partial charge in [-0.25, -0.2) is 4.79 Å². The lowest BCUT2D eigenvalue weighted by atomic mass is 9.84. The van der Waals surface area contributed by atoms with Crippen LogP contribution in [0.3, 0.4) is 0 Å². The van der Waals surface area contributed by atoms with E-state index >= 15 is 0 Å². The van der Waals surface area contributed by atoms with Gasteiger partial charge in [-0.2, -0.15) is 0 Å². The van der Waals surface area contributed by atoms with Gasteiger partial charge in [-0.15, -0.1) is 5.06 Å². The second kappa shape index (κ2) is 6.70. The summed E-state index contributed by atoms with van der Waals surface area (Å²) in [5.41, 5.74) is 0.508. The molecule has 0 aromatic heterocycles. The Morgan fingerprint density at radius 3 is 2.60 bits per heavy atom. The molecule has 0 saturated carbocycles. The second-order valence-electron chi connectivity index (χ2n) is 5.04. The topological polar surface area (TPSA) is 46.6 Å². The third-order valence-electron chi connectivity index (χ3n) is 3.77. The molecule has 0 amide bonds. The molecule has 2 radical (unpaired) electrons. The van der Waals surface area contributed by atoms with Crippen LogP contribution in [0.15, 0.2) is 30.3 Å². The van der Waals surface area contributed by atoms with Gasteiger partial charge < -0.3 is 9.63 Å². The van der Waals surface area contributed by atoms with Gasteiger partial charge in [-0.3, -0.25) is 0 Å². The van der Waals surface area contributed by atoms with Gasteiger partial charge in [0.05, 0.1) is 13.4 Å². The Morgan fingerprint density at radius 2 is 2.00 bits per heavy atom. The molecule has 1 aromatic carbocycles. The van der Waals surface area contributed by atoms with Crippen molar-refractivity contribution in [3.63, 3.8) is 0 Å². The van der Waals surface area contributed by atoms with Gasteiger partial charge >= 0.3 is 5.97 Å². The first-order valence-electron chi connectivity index (χ1n) is 6.90. The van der Waals surface area contributed by atoms with Gasteiger partial charge in [0.15, 0.2) is 0 Å². The number of rotatable bonds is 5. The van der Waals surface area contributed by atoms with Crippen molar-refractivity contribution in [3.05, 3.63) is 35.9 Å². The van der Waals surface area contributed by atoms with Gasteiger partial charge in [0.25, 0.3) is 0 Å². The number of nitrogens with zero attached hydrogens (tertiary/aromatic N) is 1.